The summed E-state index contributed by atoms with van der Waals surface area (Å²) in [5.74, 6) is 5.24. The van der Waals surface area contributed by atoms with Crippen molar-refractivity contribution in [1.82, 2.24) is 19.7 Å². The third-order valence-corrected chi connectivity index (χ3v) is 5.85. The van der Waals surface area contributed by atoms with Gasteiger partial charge in [-0.15, -0.1) is 11.3 Å². The summed E-state index contributed by atoms with van der Waals surface area (Å²) in [4.78, 5) is 21.7. The minimum Gasteiger partial charge on any atom is -0.298 e. The van der Waals surface area contributed by atoms with Crippen LogP contribution in [-0.4, -0.2) is 25.7 Å². The SMILES string of the molecule is CCC#Cc1ccc(-c2csc(NC(=O)c3c(C)nn(-c4ccccc4Cl)c3C(F)F)n2)nc1. The smallest absolute Gasteiger partial charge is 0.281 e. The Morgan fingerprint density at radius 1 is 1.24 bits per heavy atom. The lowest BCUT2D eigenvalue weighted by molar-refractivity contribution is 0.100. The second-order valence-electron chi connectivity index (χ2n) is 7.09. The summed E-state index contributed by atoms with van der Waals surface area (Å²) < 4.78 is 29.1. The van der Waals surface area contributed by atoms with Gasteiger partial charge >= 0.3 is 0 Å². The molecular weight excluding hydrogens is 480 g/mol. The van der Waals surface area contributed by atoms with Gasteiger partial charge in [0.25, 0.3) is 12.3 Å². The number of halogens is 3. The van der Waals surface area contributed by atoms with Crippen LogP contribution in [0.5, 0.6) is 0 Å². The Labute approximate surface area is 203 Å². The van der Waals surface area contributed by atoms with Gasteiger partial charge in [-0.05, 0) is 31.2 Å². The lowest BCUT2D eigenvalue weighted by Crippen LogP contribution is -2.15. The van der Waals surface area contributed by atoms with Gasteiger partial charge in [0.15, 0.2) is 5.13 Å². The largest absolute Gasteiger partial charge is 0.298 e. The van der Waals surface area contributed by atoms with E-state index in [1.165, 1.54) is 6.92 Å². The number of aromatic nitrogens is 4. The van der Waals surface area contributed by atoms with Crippen molar-refractivity contribution < 1.29 is 13.6 Å². The van der Waals surface area contributed by atoms with Gasteiger partial charge in [-0.1, -0.05) is 42.5 Å². The van der Waals surface area contributed by atoms with Gasteiger partial charge in [-0.2, -0.15) is 5.10 Å². The van der Waals surface area contributed by atoms with E-state index in [1.807, 2.05) is 13.0 Å². The third kappa shape index (κ3) is 4.83. The molecule has 0 bridgehead atoms. The Morgan fingerprint density at radius 3 is 2.71 bits per heavy atom. The van der Waals surface area contributed by atoms with Crippen molar-refractivity contribution in [1.29, 1.82) is 0 Å². The number of carbonyl (C=O) groups excluding carboxylic acids is 1. The summed E-state index contributed by atoms with van der Waals surface area (Å²) in [5, 5.41) is 8.98. The molecule has 0 atom stereocenters. The molecule has 1 aromatic carbocycles. The first-order chi connectivity index (χ1) is 16.4. The molecule has 0 unspecified atom stereocenters. The molecule has 34 heavy (non-hydrogen) atoms. The number of hydrogen-bond donors (Lipinski definition) is 1. The summed E-state index contributed by atoms with van der Waals surface area (Å²) in [6, 6.07) is 10.1. The van der Waals surface area contributed by atoms with Crippen LogP contribution in [0.2, 0.25) is 5.02 Å². The molecule has 0 radical (unpaired) electrons. The molecule has 10 heteroatoms. The molecule has 3 aromatic heterocycles. The van der Waals surface area contributed by atoms with Gasteiger partial charge in [0.1, 0.15) is 11.4 Å². The van der Waals surface area contributed by atoms with E-state index in [0.717, 1.165) is 28.0 Å². The number of pyridine rings is 1. The standard InChI is InChI=1S/C24H18ClF2N5OS/c1-3-4-7-15-10-11-17(28-12-15)18-13-34-24(29-18)30-23(33)20-14(2)31-32(21(20)22(26)27)19-9-6-5-8-16(19)25/h5-6,8-13,22H,3H2,1-2H3,(H,29,30,33). The number of alkyl halides is 2. The van der Waals surface area contributed by atoms with Crippen molar-refractivity contribution in [2.75, 3.05) is 5.32 Å². The maximum absolute atomic E-state index is 14.0. The van der Waals surface area contributed by atoms with Crippen molar-refractivity contribution in [3.63, 3.8) is 0 Å². The zero-order chi connectivity index (χ0) is 24.2. The van der Waals surface area contributed by atoms with Gasteiger partial charge < -0.3 is 0 Å². The highest BCUT2D eigenvalue weighted by Crippen LogP contribution is 2.32. The first-order valence-electron chi connectivity index (χ1n) is 10.2. The minimum atomic E-state index is -2.95. The minimum absolute atomic E-state index is 0.148. The molecule has 0 aliphatic rings. The van der Waals surface area contributed by atoms with Crippen molar-refractivity contribution in [3.8, 4) is 28.9 Å². The number of benzene rings is 1. The molecule has 3 heterocycles. The van der Waals surface area contributed by atoms with Crippen molar-refractivity contribution in [2.45, 2.75) is 26.7 Å². The van der Waals surface area contributed by atoms with Crippen molar-refractivity contribution in [3.05, 3.63) is 75.5 Å². The number of hydrogen-bond acceptors (Lipinski definition) is 5. The van der Waals surface area contributed by atoms with Gasteiger partial charge in [0, 0.05) is 23.6 Å². The first kappa shape index (κ1) is 23.5. The van der Waals surface area contributed by atoms with E-state index in [9.17, 15) is 13.6 Å². The zero-order valence-corrected chi connectivity index (χ0v) is 19.7. The van der Waals surface area contributed by atoms with Gasteiger partial charge in [0.05, 0.1) is 27.7 Å². The Hall–Kier alpha value is -3.61. The van der Waals surface area contributed by atoms with Crippen LogP contribution in [0.3, 0.4) is 0 Å². The van der Waals surface area contributed by atoms with Gasteiger partial charge in [-0.3, -0.25) is 15.1 Å². The molecule has 4 aromatic rings. The van der Waals surface area contributed by atoms with Crippen LogP contribution in [0.15, 0.2) is 48.0 Å². The Bertz CT molecular complexity index is 1400. The number of nitrogens with one attached hydrogen (secondary N) is 1. The molecular formula is C24H18ClF2N5OS. The van der Waals surface area contributed by atoms with E-state index in [4.69, 9.17) is 11.6 Å². The summed E-state index contributed by atoms with van der Waals surface area (Å²) in [5.41, 5.74) is 1.60. The monoisotopic (exact) mass is 497 g/mol. The lowest BCUT2D eigenvalue weighted by Gasteiger charge is -2.10. The van der Waals surface area contributed by atoms with Crippen LogP contribution in [0.1, 0.15) is 47.1 Å². The topological polar surface area (TPSA) is 72.7 Å². The zero-order valence-electron chi connectivity index (χ0n) is 18.1. The second kappa shape index (κ2) is 10.1. The van der Waals surface area contributed by atoms with Crippen LogP contribution < -0.4 is 5.32 Å². The predicted octanol–water partition coefficient (Wildman–Crippen LogP) is 6.30. The molecule has 172 valence electrons. The Balaban J connectivity index is 1.61. The number of rotatable bonds is 5. The molecule has 0 fully saturated rings. The average molecular weight is 498 g/mol. The molecule has 0 spiro atoms. The molecule has 6 nitrogen and oxygen atoms in total. The average Bonchev–Trinajstić information content (AvgIpc) is 3.42. The van der Waals surface area contributed by atoms with E-state index >= 15 is 0 Å². The lowest BCUT2D eigenvalue weighted by atomic mass is 10.1. The van der Waals surface area contributed by atoms with Crippen LogP contribution in [0.4, 0.5) is 13.9 Å². The van der Waals surface area contributed by atoms with Crippen molar-refractivity contribution >= 4 is 34.0 Å². The highest BCUT2D eigenvalue weighted by molar-refractivity contribution is 7.14. The molecule has 1 amide bonds. The molecule has 0 aliphatic heterocycles. The van der Waals surface area contributed by atoms with Crippen LogP contribution in [0, 0.1) is 18.8 Å². The number of anilines is 1. The van der Waals surface area contributed by atoms with Crippen LogP contribution in [-0.2, 0) is 0 Å². The van der Waals surface area contributed by atoms with E-state index in [2.05, 4.69) is 32.2 Å². The number of carbonyl (C=O) groups is 1. The summed E-state index contributed by atoms with van der Waals surface area (Å²) in [6.07, 6.45) is -0.554. The summed E-state index contributed by atoms with van der Waals surface area (Å²) >= 11 is 7.34. The fourth-order valence-electron chi connectivity index (χ4n) is 3.25. The fraction of sp³-hybridized carbons (Fsp3) is 0.167. The third-order valence-electron chi connectivity index (χ3n) is 4.77. The van der Waals surface area contributed by atoms with Gasteiger partial charge in [-0.25, -0.2) is 18.4 Å². The highest BCUT2D eigenvalue weighted by Gasteiger charge is 2.29. The number of nitrogens with zero attached hydrogens (tertiary/aromatic N) is 4. The maximum atomic E-state index is 14.0. The van der Waals surface area contributed by atoms with E-state index < -0.39 is 18.0 Å². The van der Waals surface area contributed by atoms with E-state index in [-0.39, 0.29) is 27.1 Å². The highest BCUT2D eigenvalue weighted by atomic mass is 35.5. The maximum Gasteiger partial charge on any atom is 0.281 e. The quantitative estimate of drug-likeness (QED) is 0.328. The first-order valence-corrected chi connectivity index (χ1v) is 11.5. The van der Waals surface area contributed by atoms with Crippen LogP contribution in [0.25, 0.3) is 17.1 Å². The summed E-state index contributed by atoms with van der Waals surface area (Å²) in [6.45, 7) is 3.46. The summed E-state index contributed by atoms with van der Waals surface area (Å²) in [7, 11) is 0. The second-order valence-corrected chi connectivity index (χ2v) is 8.35. The Kier molecular flexibility index (Phi) is 7.01. The number of amides is 1. The molecule has 4 rings (SSSR count). The number of para-hydroxylation sites is 1. The normalized spacial score (nSPS) is 10.8. The number of thiazole rings is 1. The molecule has 0 saturated carbocycles. The molecule has 0 aliphatic carbocycles. The van der Waals surface area contributed by atoms with Crippen molar-refractivity contribution in [2.24, 2.45) is 0 Å². The Morgan fingerprint density at radius 2 is 2.03 bits per heavy atom. The van der Waals surface area contributed by atoms with E-state index in [0.29, 0.717) is 11.4 Å². The fourth-order valence-corrected chi connectivity index (χ4v) is 4.17. The molecule has 0 saturated heterocycles. The van der Waals surface area contributed by atoms with Crippen LogP contribution >= 0.6 is 22.9 Å². The predicted molar refractivity (Wildman–Crippen MR) is 129 cm³/mol. The van der Waals surface area contributed by atoms with Gasteiger partial charge in [0.2, 0.25) is 0 Å². The number of aryl methyl sites for hydroxylation is 1. The van der Waals surface area contributed by atoms with E-state index in [1.54, 1.807) is 41.9 Å². The molecule has 1 N–H and O–H groups in total.